The highest BCUT2D eigenvalue weighted by Crippen LogP contribution is 2.32. The average Bonchev–Trinajstić information content (AvgIpc) is 2.16. The van der Waals surface area contributed by atoms with Gasteiger partial charge in [0.2, 0.25) is 0 Å². The molecule has 0 amide bonds. The maximum atomic E-state index is 12.4. The van der Waals surface area contributed by atoms with Crippen molar-refractivity contribution in [1.29, 1.82) is 0 Å². The molecule has 1 aromatic carbocycles. The third kappa shape index (κ3) is 2.98. The summed E-state index contributed by atoms with van der Waals surface area (Å²) in [4.78, 5) is 0. The van der Waals surface area contributed by atoms with Crippen molar-refractivity contribution >= 4 is 0 Å². The fraction of sp³-hybridized carbons (Fsp3) is 0.500. The van der Waals surface area contributed by atoms with Crippen LogP contribution in [0.5, 0.6) is 0 Å². The van der Waals surface area contributed by atoms with Gasteiger partial charge in [0.25, 0.3) is 0 Å². The van der Waals surface area contributed by atoms with Gasteiger partial charge >= 0.3 is 6.18 Å². The Balaban J connectivity index is 3.00. The van der Waals surface area contributed by atoms with E-state index in [9.17, 15) is 13.2 Å². The van der Waals surface area contributed by atoms with Gasteiger partial charge in [0, 0.05) is 0 Å². The van der Waals surface area contributed by atoms with Crippen LogP contribution in [0.2, 0.25) is 0 Å². The van der Waals surface area contributed by atoms with Crippen LogP contribution >= 0.6 is 0 Å². The molecule has 0 bridgehead atoms. The second-order valence-corrected chi connectivity index (χ2v) is 4.05. The molecule has 1 rings (SSSR count). The van der Waals surface area contributed by atoms with Crippen LogP contribution in [-0.2, 0) is 6.18 Å². The Morgan fingerprint density at radius 3 is 2.38 bits per heavy atom. The molecular weight excluding hydrogens is 215 g/mol. The molecule has 4 heteroatoms. The lowest BCUT2D eigenvalue weighted by Gasteiger charge is -2.15. The van der Waals surface area contributed by atoms with Gasteiger partial charge in [0.15, 0.2) is 0 Å². The molecule has 0 aliphatic rings. The maximum absolute atomic E-state index is 12.4. The van der Waals surface area contributed by atoms with Crippen LogP contribution in [0, 0.1) is 6.92 Å². The molecule has 0 heterocycles. The van der Waals surface area contributed by atoms with Gasteiger partial charge in [-0.05, 0) is 49.1 Å². The normalized spacial score (nSPS) is 13.9. The molecule has 0 aromatic heterocycles. The smallest absolute Gasteiger partial charge is 0.330 e. The van der Waals surface area contributed by atoms with Crippen molar-refractivity contribution in [1.82, 2.24) is 0 Å². The minimum absolute atomic E-state index is 0.201. The van der Waals surface area contributed by atoms with Crippen LogP contribution in [0.4, 0.5) is 13.2 Å². The third-order valence-electron chi connectivity index (χ3n) is 2.73. The molecule has 1 atom stereocenters. The maximum Gasteiger partial charge on any atom is 0.416 e. The number of alkyl halides is 3. The quantitative estimate of drug-likeness (QED) is 0.847. The van der Waals surface area contributed by atoms with Crippen LogP contribution in [0.1, 0.15) is 36.0 Å². The summed E-state index contributed by atoms with van der Waals surface area (Å²) in [5.41, 5.74) is 6.47. The molecule has 0 spiro atoms. The highest BCUT2D eigenvalue weighted by molar-refractivity contribution is 5.34. The van der Waals surface area contributed by atoms with Crippen molar-refractivity contribution in [2.45, 2.75) is 32.4 Å². The predicted octanol–water partition coefficient (Wildman–Crippen LogP) is 3.47. The Kier molecular flexibility index (Phi) is 3.97. The van der Waals surface area contributed by atoms with E-state index in [0.717, 1.165) is 18.1 Å². The van der Waals surface area contributed by atoms with Gasteiger partial charge < -0.3 is 5.73 Å². The van der Waals surface area contributed by atoms with Crippen molar-refractivity contribution in [3.63, 3.8) is 0 Å². The summed E-state index contributed by atoms with van der Waals surface area (Å²) in [6.07, 6.45) is -3.48. The molecule has 1 nitrogen and oxygen atoms in total. The van der Waals surface area contributed by atoms with E-state index < -0.39 is 11.7 Å². The SMILES string of the molecule is Cc1cc(C(F)(F)F)ccc1C(C)CCN. The number of halogens is 3. The molecule has 90 valence electrons. The molecule has 1 unspecified atom stereocenters. The van der Waals surface area contributed by atoms with Crippen molar-refractivity contribution in [3.05, 3.63) is 34.9 Å². The van der Waals surface area contributed by atoms with E-state index in [1.54, 1.807) is 13.0 Å². The van der Waals surface area contributed by atoms with Gasteiger partial charge in [-0.2, -0.15) is 13.2 Å². The zero-order valence-corrected chi connectivity index (χ0v) is 9.43. The second kappa shape index (κ2) is 4.87. The van der Waals surface area contributed by atoms with Crippen molar-refractivity contribution in [2.75, 3.05) is 6.54 Å². The van der Waals surface area contributed by atoms with Crippen LogP contribution in [-0.4, -0.2) is 6.54 Å². The Bertz CT molecular complexity index is 358. The van der Waals surface area contributed by atoms with Gasteiger partial charge in [0.1, 0.15) is 0 Å². The zero-order valence-electron chi connectivity index (χ0n) is 9.43. The highest BCUT2D eigenvalue weighted by Gasteiger charge is 2.30. The number of nitrogens with two attached hydrogens (primary N) is 1. The van der Waals surface area contributed by atoms with Crippen molar-refractivity contribution in [2.24, 2.45) is 5.73 Å². The van der Waals surface area contributed by atoms with Crippen LogP contribution in [0.25, 0.3) is 0 Å². The zero-order chi connectivity index (χ0) is 12.3. The first-order chi connectivity index (χ1) is 7.36. The van der Waals surface area contributed by atoms with E-state index in [4.69, 9.17) is 5.73 Å². The molecule has 0 saturated carbocycles. The number of hydrogen-bond donors (Lipinski definition) is 1. The van der Waals surface area contributed by atoms with Gasteiger partial charge in [0.05, 0.1) is 5.56 Å². The van der Waals surface area contributed by atoms with Crippen LogP contribution in [0.15, 0.2) is 18.2 Å². The monoisotopic (exact) mass is 231 g/mol. The summed E-state index contributed by atoms with van der Waals surface area (Å²) in [6, 6.07) is 3.89. The Morgan fingerprint density at radius 1 is 1.31 bits per heavy atom. The summed E-state index contributed by atoms with van der Waals surface area (Å²) >= 11 is 0. The number of benzene rings is 1. The lowest BCUT2D eigenvalue weighted by molar-refractivity contribution is -0.137. The average molecular weight is 231 g/mol. The summed E-state index contributed by atoms with van der Waals surface area (Å²) in [6.45, 7) is 4.22. The summed E-state index contributed by atoms with van der Waals surface area (Å²) < 4.78 is 37.3. The molecule has 16 heavy (non-hydrogen) atoms. The number of aryl methyl sites for hydroxylation is 1. The molecule has 2 N–H and O–H groups in total. The van der Waals surface area contributed by atoms with Gasteiger partial charge in [-0.25, -0.2) is 0 Å². The molecule has 0 fully saturated rings. The predicted molar refractivity (Wildman–Crippen MR) is 58.3 cm³/mol. The molecular formula is C12H16F3N. The lowest BCUT2D eigenvalue weighted by atomic mass is 9.92. The third-order valence-corrected chi connectivity index (χ3v) is 2.73. The Hall–Kier alpha value is -1.03. The minimum Gasteiger partial charge on any atom is -0.330 e. The number of rotatable bonds is 3. The van der Waals surface area contributed by atoms with Gasteiger partial charge in [-0.1, -0.05) is 13.0 Å². The van der Waals surface area contributed by atoms with Crippen LogP contribution < -0.4 is 5.73 Å². The largest absolute Gasteiger partial charge is 0.416 e. The van der Waals surface area contributed by atoms with E-state index in [1.165, 1.54) is 6.07 Å². The number of hydrogen-bond acceptors (Lipinski definition) is 1. The first kappa shape index (κ1) is 13.0. The Morgan fingerprint density at radius 2 is 1.94 bits per heavy atom. The summed E-state index contributed by atoms with van der Waals surface area (Å²) in [5.74, 6) is 0.201. The molecule has 0 radical (unpaired) electrons. The first-order valence-corrected chi connectivity index (χ1v) is 5.24. The molecule has 0 aliphatic heterocycles. The van der Waals surface area contributed by atoms with Crippen molar-refractivity contribution in [3.8, 4) is 0 Å². The van der Waals surface area contributed by atoms with E-state index in [2.05, 4.69) is 0 Å². The Labute approximate surface area is 93.5 Å². The topological polar surface area (TPSA) is 26.0 Å². The van der Waals surface area contributed by atoms with E-state index in [1.807, 2.05) is 6.92 Å². The molecule has 1 aromatic rings. The van der Waals surface area contributed by atoms with E-state index in [0.29, 0.717) is 12.1 Å². The van der Waals surface area contributed by atoms with Crippen LogP contribution in [0.3, 0.4) is 0 Å². The molecule has 0 aliphatic carbocycles. The van der Waals surface area contributed by atoms with E-state index in [-0.39, 0.29) is 5.92 Å². The lowest BCUT2D eigenvalue weighted by Crippen LogP contribution is -2.09. The highest BCUT2D eigenvalue weighted by atomic mass is 19.4. The fourth-order valence-corrected chi connectivity index (χ4v) is 1.81. The van der Waals surface area contributed by atoms with Crippen molar-refractivity contribution < 1.29 is 13.2 Å². The van der Waals surface area contributed by atoms with E-state index >= 15 is 0 Å². The summed E-state index contributed by atoms with van der Waals surface area (Å²) in [7, 11) is 0. The second-order valence-electron chi connectivity index (χ2n) is 4.05. The fourth-order valence-electron chi connectivity index (χ4n) is 1.81. The van der Waals surface area contributed by atoms with Gasteiger partial charge in [-0.15, -0.1) is 0 Å². The standard InChI is InChI=1S/C12H16F3N/c1-8(5-6-16)11-4-3-10(7-9(11)2)12(13,14)15/h3-4,7-8H,5-6,16H2,1-2H3. The minimum atomic E-state index is -4.26. The summed E-state index contributed by atoms with van der Waals surface area (Å²) in [5, 5.41) is 0. The first-order valence-electron chi connectivity index (χ1n) is 5.24. The van der Waals surface area contributed by atoms with Gasteiger partial charge in [-0.3, -0.25) is 0 Å². The molecule has 0 saturated heterocycles.